The van der Waals surface area contributed by atoms with Gasteiger partial charge in [-0.1, -0.05) is 19.1 Å². The molecule has 17 heavy (non-hydrogen) atoms. The van der Waals surface area contributed by atoms with Crippen LogP contribution in [-0.4, -0.2) is 36.7 Å². The molecule has 0 aliphatic carbocycles. The van der Waals surface area contributed by atoms with E-state index >= 15 is 0 Å². The van der Waals surface area contributed by atoms with Crippen LogP contribution in [0.2, 0.25) is 0 Å². The summed E-state index contributed by atoms with van der Waals surface area (Å²) in [5.74, 6) is 0.361. The topological polar surface area (TPSA) is 35.5 Å². The highest BCUT2D eigenvalue weighted by molar-refractivity contribution is 5.27. The normalized spacial score (nSPS) is 25.3. The summed E-state index contributed by atoms with van der Waals surface area (Å²) in [7, 11) is 2.02. The smallest absolute Gasteiger partial charge is 0.115 e. The number of hydrogen-bond donors (Lipinski definition) is 2. The van der Waals surface area contributed by atoms with Crippen LogP contribution < -0.4 is 5.32 Å². The Kier molecular flexibility index (Phi) is 3.69. The lowest BCUT2D eigenvalue weighted by Gasteiger charge is -2.24. The Labute approximate surface area is 103 Å². The minimum atomic E-state index is 0.361. The van der Waals surface area contributed by atoms with E-state index in [2.05, 4.69) is 23.2 Å². The van der Waals surface area contributed by atoms with E-state index in [4.69, 9.17) is 0 Å². The van der Waals surface area contributed by atoms with E-state index < -0.39 is 0 Å². The number of nitrogens with zero attached hydrogens (tertiary/aromatic N) is 1. The van der Waals surface area contributed by atoms with Crippen molar-refractivity contribution in [2.24, 2.45) is 5.41 Å². The van der Waals surface area contributed by atoms with Crippen LogP contribution in [0.5, 0.6) is 5.75 Å². The minimum Gasteiger partial charge on any atom is -0.508 e. The maximum Gasteiger partial charge on any atom is 0.115 e. The van der Waals surface area contributed by atoms with Gasteiger partial charge in [-0.3, -0.25) is 4.90 Å². The zero-order valence-electron chi connectivity index (χ0n) is 10.7. The first-order valence-corrected chi connectivity index (χ1v) is 6.26. The molecule has 0 radical (unpaired) electrons. The van der Waals surface area contributed by atoms with Gasteiger partial charge in [-0.15, -0.1) is 0 Å². The van der Waals surface area contributed by atoms with Crippen LogP contribution in [0.25, 0.3) is 0 Å². The van der Waals surface area contributed by atoms with E-state index in [-0.39, 0.29) is 0 Å². The van der Waals surface area contributed by atoms with Crippen molar-refractivity contribution >= 4 is 0 Å². The predicted molar refractivity (Wildman–Crippen MR) is 70.0 cm³/mol. The molecule has 0 aromatic heterocycles. The number of phenolic OH excluding ortho intramolecular Hbond substituents is 1. The maximum absolute atomic E-state index is 9.45. The SMILES string of the molecule is CNCC1(C)CCN(Cc2cccc(O)c2)C1. The molecule has 1 aromatic rings. The molecule has 0 amide bonds. The Morgan fingerprint density at radius 3 is 3.00 bits per heavy atom. The van der Waals surface area contributed by atoms with E-state index in [1.54, 1.807) is 6.07 Å². The summed E-state index contributed by atoms with van der Waals surface area (Å²) < 4.78 is 0. The molecule has 3 nitrogen and oxygen atoms in total. The van der Waals surface area contributed by atoms with Crippen LogP contribution in [0, 0.1) is 5.41 Å². The van der Waals surface area contributed by atoms with Gasteiger partial charge in [0.15, 0.2) is 0 Å². The molecule has 0 bridgehead atoms. The number of aromatic hydroxyl groups is 1. The van der Waals surface area contributed by atoms with Crippen LogP contribution in [0.3, 0.4) is 0 Å². The molecule has 1 aliphatic rings. The first-order valence-electron chi connectivity index (χ1n) is 6.26. The summed E-state index contributed by atoms with van der Waals surface area (Å²) in [6.45, 7) is 6.63. The van der Waals surface area contributed by atoms with Crippen LogP contribution in [-0.2, 0) is 6.54 Å². The first kappa shape index (κ1) is 12.4. The fourth-order valence-electron chi connectivity index (χ4n) is 2.75. The summed E-state index contributed by atoms with van der Waals surface area (Å²) in [4.78, 5) is 2.46. The van der Waals surface area contributed by atoms with Gasteiger partial charge in [-0.2, -0.15) is 0 Å². The number of likely N-dealkylation sites (tertiary alicyclic amines) is 1. The van der Waals surface area contributed by atoms with Crippen LogP contribution in [0.4, 0.5) is 0 Å². The largest absolute Gasteiger partial charge is 0.508 e. The average molecular weight is 234 g/mol. The number of phenols is 1. The van der Waals surface area contributed by atoms with Crippen molar-refractivity contribution in [3.8, 4) is 5.75 Å². The lowest BCUT2D eigenvalue weighted by Crippen LogP contribution is -2.32. The molecule has 1 fully saturated rings. The fraction of sp³-hybridized carbons (Fsp3) is 0.571. The highest BCUT2D eigenvalue weighted by Crippen LogP contribution is 2.30. The summed E-state index contributed by atoms with van der Waals surface area (Å²) in [6, 6.07) is 7.56. The molecule has 1 aliphatic heterocycles. The van der Waals surface area contributed by atoms with E-state index in [0.717, 1.165) is 26.2 Å². The number of hydrogen-bond acceptors (Lipinski definition) is 3. The molecular weight excluding hydrogens is 212 g/mol. The van der Waals surface area contributed by atoms with Gasteiger partial charge in [0, 0.05) is 19.6 Å². The van der Waals surface area contributed by atoms with Crippen molar-refractivity contribution in [3.05, 3.63) is 29.8 Å². The summed E-state index contributed by atoms with van der Waals surface area (Å²) in [5.41, 5.74) is 1.59. The van der Waals surface area contributed by atoms with Gasteiger partial charge in [0.05, 0.1) is 0 Å². The van der Waals surface area contributed by atoms with Crippen molar-refractivity contribution in [1.82, 2.24) is 10.2 Å². The molecule has 1 atom stereocenters. The Bertz CT molecular complexity index is 380. The van der Waals surface area contributed by atoms with Gasteiger partial charge in [-0.05, 0) is 43.1 Å². The molecule has 1 heterocycles. The Balaban J connectivity index is 1.94. The standard InChI is InChI=1S/C14H22N2O/c1-14(10-15-2)6-7-16(11-14)9-12-4-3-5-13(17)8-12/h3-5,8,15,17H,6-7,9-11H2,1-2H3. The minimum absolute atomic E-state index is 0.361. The summed E-state index contributed by atoms with van der Waals surface area (Å²) >= 11 is 0. The van der Waals surface area contributed by atoms with E-state index in [0.29, 0.717) is 11.2 Å². The second-order valence-electron chi connectivity index (χ2n) is 5.47. The van der Waals surface area contributed by atoms with E-state index in [9.17, 15) is 5.11 Å². The molecule has 0 saturated carbocycles. The molecule has 0 spiro atoms. The maximum atomic E-state index is 9.45. The van der Waals surface area contributed by atoms with Crippen molar-refractivity contribution in [1.29, 1.82) is 0 Å². The van der Waals surface area contributed by atoms with E-state index in [1.165, 1.54) is 12.0 Å². The average Bonchev–Trinajstić information content (AvgIpc) is 2.60. The predicted octanol–water partition coefficient (Wildman–Crippen LogP) is 1.82. The van der Waals surface area contributed by atoms with Crippen molar-refractivity contribution in [2.75, 3.05) is 26.7 Å². The highest BCUT2D eigenvalue weighted by Gasteiger charge is 2.32. The van der Waals surface area contributed by atoms with Gasteiger partial charge in [0.2, 0.25) is 0 Å². The molecule has 3 heteroatoms. The van der Waals surface area contributed by atoms with Gasteiger partial charge in [0.1, 0.15) is 5.75 Å². The zero-order chi connectivity index (χ0) is 12.3. The third-order valence-corrected chi connectivity index (χ3v) is 3.56. The third kappa shape index (κ3) is 3.20. The Hall–Kier alpha value is -1.06. The number of nitrogens with one attached hydrogen (secondary N) is 1. The Morgan fingerprint density at radius 1 is 1.47 bits per heavy atom. The molecule has 2 N–H and O–H groups in total. The van der Waals surface area contributed by atoms with Gasteiger partial charge in [0.25, 0.3) is 0 Å². The van der Waals surface area contributed by atoms with Crippen LogP contribution in [0.15, 0.2) is 24.3 Å². The van der Waals surface area contributed by atoms with Crippen molar-refractivity contribution in [3.63, 3.8) is 0 Å². The van der Waals surface area contributed by atoms with Gasteiger partial charge < -0.3 is 10.4 Å². The number of rotatable bonds is 4. The third-order valence-electron chi connectivity index (χ3n) is 3.56. The lowest BCUT2D eigenvalue weighted by molar-refractivity contribution is 0.265. The van der Waals surface area contributed by atoms with Crippen molar-refractivity contribution in [2.45, 2.75) is 19.9 Å². The van der Waals surface area contributed by atoms with Crippen LogP contribution in [0.1, 0.15) is 18.9 Å². The quantitative estimate of drug-likeness (QED) is 0.834. The molecule has 1 aromatic carbocycles. The molecule has 1 saturated heterocycles. The molecule has 1 unspecified atom stereocenters. The number of benzene rings is 1. The second-order valence-corrected chi connectivity index (χ2v) is 5.47. The second kappa shape index (κ2) is 5.07. The fourth-order valence-corrected chi connectivity index (χ4v) is 2.75. The zero-order valence-corrected chi connectivity index (χ0v) is 10.7. The molecule has 2 rings (SSSR count). The molecule has 94 valence electrons. The van der Waals surface area contributed by atoms with Gasteiger partial charge >= 0.3 is 0 Å². The van der Waals surface area contributed by atoms with Crippen molar-refractivity contribution < 1.29 is 5.11 Å². The Morgan fingerprint density at radius 2 is 2.29 bits per heavy atom. The van der Waals surface area contributed by atoms with Gasteiger partial charge in [-0.25, -0.2) is 0 Å². The van der Waals surface area contributed by atoms with Crippen LogP contribution >= 0.6 is 0 Å². The molecular formula is C14H22N2O. The highest BCUT2D eigenvalue weighted by atomic mass is 16.3. The lowest BCUT2D eigenvalue weighted by atomic mass is 9.90. The monoisotopic (exact) mass is 234 g/mol. The van der Waals surface area contributed by atoms with E-state index in [1.807, 2.05) is 19.2 Å². The summed E-state index contributed by atoms with van der Waals surface area (Å²) in [6.07, 6.45) is 1.24. The first-order chi connectivity index (χ1) is 8.11. The summed E-state index contributed by atoms with van der Waals surface area (Å²) in [5, 5.41) is 12.7.